The molecule has 1 aromatic heterocycles. The molecule has 6 heteroatoms. The van der Waals surface area contributed by atoms with E-state index in [1.165, 1.54) is 6.07 Å². The van der Waals surface area contributed by atoms with Crippen LogP contribution in [0.25, 0.3) is 0 Å². The van der Waals surface area contributed by atoms with Crippen molar-refractivity contribution in [2.75, 3.05) is 0 Å². The Kier molecular flexibility index (Phi) is 4.28. The predicted molar refractivity (Wildman–Crippen MR) is 63.3 cm³/mol. The topological polar surface area (TPSA) is 33.1 Å². The zero-order valence-corrected chi connectivity index (χ0v) is 11.1. The molecule has 0 aliphatic carbocycles. The van der Waals surface area contributed by atoms with Crippen molar-refractivity contribution in [3.63, 3.8) is 0 Å². The highest BCUT2D eigenvalue weighted by atomic mass is 35.5. The lowest BCUT2D eigenvalue weighted by Crippen LogP contribution is -2.22. The van der Waals surface area contributed by atoms with Gasteiger partial charge in [-0.1, -0.05) is 38.4 Å². The second-order valence-corrected chi connectivity index (χ2v) is 5.18. The fourth-order valence-electron chi connectivity index (χ4n) is 1.42. The molecule has 1 heterocycles. The third-order valence-electron chi connectivity index (χ3n) is 3.11. The average Bonchev–Trinajstić information content (AvgIpc) is 2.26. The Morgan fingerprint density at radius 1 is 1.33 bits per heavy atom. The van der Waals surface area contributed by atoms with Crippen molar-refractivity contribution in [1.82, 2.24) is 4.98 Å². The standard InChI is InChI=1S/C12H15ClF3NO/c1-4-11(2,3)9(18)7-5-6-8(12(14,15)16)17-10(7)13/h5-6,9,18H,4H2,1-3H3. The molecule has 0 bridgehead atoms. The third-order valence-corrected chi connectivity index (χ3v) is 3.42. The maximum atomic E-state index is 12.4. The van der Waals surface area contributed by atoms with Crippen molar-refractivity contribution in [1.29, 1.82) is 0 Å². The molecule has 0 spiro atoms. The molecule has 0 amide bonds. The monoisotopic (exact) mass is 281 g/mol. The molecule has 1 atom stereocenters. The van der Waals surface area contributed by atoms with Crippen LogP contribution in [-0.2, 0) is 6.18 Å². The summed E-state index contributed by atoms with van der Waals surface area (Å²) in [4.78, 5) is 3.29. The van der Waals surface area contributed by atoms with Gasteiger partial charge in [0.2, 0.25) is 0 Å². The molecule has 0 aromatic carbocycles. The van der Waals surface area contributed by atoms with Crippen LogP contribution in [0.5, 0.6) is 0 Å². The van der Waals surface area contributed by atoms with Crippen molar-refractivity contribution >= 4 is 11.6 Å². The lowest BCUT2D eigenvalue weighted by molar-refractivity contribution is -0.141. The van der Waals surface area contributed by atoms with Crippen LogP contribution in [0.1, 0.15) is 44.6 Å². The molecule has 102 valence electrons. The van der Waals surface area contributed by atoms with Gasteiger partial charge in [0, 0.05) is 5.56 Å². The Hall–Kier alpha value is -0.810. The largest absolute Gasteiger partial charge is 0.433 e. The van der Waals surface area contributed by atoms with Crippen molar-refractivity contribution in [3.8, 4) is 0 Å². The number of aliphatic hydroxyl groups is 1. The molecule has 1 unspecified atom stereocenters. The lowest BCUT2D eigenvalue weighted by atomic mass is 9.81. The van der Waals surface area contributed by atoms with Gasteiger partial charge < -0.3 is 5.11 Å². The van der Waals surface area contributed by atoms with Crippen LogP contribution in [0, 0.1) is 5.41 Å². The summed E-state index contributed by atoms with van der Waals surface area (Å²) >= 11 is 5.72. The zero-order valence-electron chi connectivity index (χ0n) is 10.3. The molecular formula is C12H15ClF3NO. The molecule has 1 aromatic rings. The van der Waals surface area contributed by atoms with E-state index < -0.39 is 23.4 Å². The van der Waals surface area contributed by atoms with Crippen molar-refractivity contribution in [2.45, 2.75) is 39.5 Å². The fraction of sp³-hybridized carbons (Fsp3) is 0.583. The summed E-state index contributed by atoms with van der Waals surface area (Å²) in [6.07, 6.45) is -4.83. The van der Waals surface area contributed by atoms with Crippen molar-refractivity contribution in [2.24, 2.45) is 5.41 Å². The molecule has 0 fully saturated rings. The summed E-state index contributed by atoms with van der Waals surface area (Å²) in [5, 5.41) is 9.81. The first kappa shape index (κ1) is 15.2. The second kappa shape index (κ2) is 5.05. The van der Waals surface area contributed by atoms with E-state index in [9.17, 15) is 18.3 Å². The van der Waals surface area contributed by atoms with Gasteiger partial charge >= 0.3 is 6.18 Å². The van der Waals surface area contributed by atoms with Gasteiger partial charge in [-0.05, 0) is 17.9 Å². The Balaban J connectivity index is 3.14. The molecule has 18 heavy (non-hydrogen) atoms. The van der Waals surface area contributed by atoms with E-state index in [1.54, 1.807) is 0 Å². The quantitative estimate of drug-likeness (QED) is 0.841. The minimum Gasteiger partial charge on any atom is -0.388 e. The van der Waals surface area contributed by atoms with Crippen molar-refractivity contribution in [3.05, 3.63) is 28.5 Å². The van der Waals surface area contributed by atoms with Gasteiger partial charge in [-0.3, -0.25) is 0 Å². The number of halogens is 4. The van der Waals surface area contributed by atoms with Crippen molar-refractivity contribution < 1.29 is 18.3 Å². The maximum Gasteiger partial charge on any atom is 0.433 e. The van der Waals surface area contributed by atoms with Gasteiger partial charge in [-0.15, -0.1) is 0 Å². The highest BCUT2D eigenvalue weighted by Gasteiger charge is 2.35. The summed E-state index contributed by atoms with van der Waals surface area (Å²) in [6.45, 7) is 5.51. The smallest absolute Gasteiger partial charge is 0.388 e. The summed E-state index contributed by atoms with van der Waals surface area (Å²) in [7, 11) is 0. The average molecular weight is 282 g/mol. The minimum absolute atomic E-state index is 0.219. The van der Waals surface area contributed by atoms with E-state index in [4.69, 9.17) is 11.6 Å². The number of hydrogen-bond acceptors (Lipinski definition) is 2. The minimum atomic E-state index is -4.53. The van der Waals surface area contributed by atoms with Crippen LogP contribution in [0.3, 0.4) is 0 Å². The van der Waals surface area contributed by atoms with Crippen LogP contribution in [0.2, 0.25) is 5.15 Å². The number of hydrogen-bond donors (Lipinski definition) is 1. The number of alkyl halides is 3. The third kappa shape index (κ3) is 3.14. The van der Waals surface area contributed by atoms with Gasteiger partial charge in [0.1, 0.15) is 10.8 Å². The Morgan fingerprint density at radius 2 is 1.89 bits per heavy atom. The highest BCUT2D eigenvalue weighted by Crippen LogP contribution is 2.39. The summed E-state index contributed by atoms with van der Waals surface area (Å²) in [5.74, 6) is 0. The number of rotatable bonds is 3. The Morgan fingerprint density at radius 3 is 2.28 bits per heavy atom. The predicted octanol–water partition coefficient (Wildman–Crippen LogP) is 4.22. The lowest BCUT2D eigenvalue weighted by Gasteiger charge is -2.29. The maximum absolute atomic E-state index is 12.4. The fourth-order valence-corrected chi connectivity index (χ4v) is 1.68. The summed E-state index contributed by atoms with van der Waals surface area (Å²) < 4.78 is 37.3. The Labute approximate surface area is 109 Å². The first-order valence-electron chi connectivity index (χ1n) is 5.51. The number of nitrogens with zero attached hydrogens (tertiary/aromatic N) is 1. The SMILES string of the molecule is CCC(C)(C)C(O)c1ccc(C(F)(F)F)nc1Cl. The first-order valence-corrected chi connectivity index (χ1v) is 5.89. The van der Waals surface area contributed by atoms with Crippen LogP contribution in [0.15, 0.2) is 12.1 Å². The van der Waals surface area contributed by atoms with Gasteiger partial charge in [-0.25, -0.2) is 4.98 Å². The highest BCUT2D eigenvalue weighted by molar-refractivity contribution is 6.30. The van der Waals surface area contributed by atoms with Crippen LogP contribution < -0.4 is 0 Å². The van der Waals surface area contributed by atoms with E-state index in [2.05, 4.69) is 4.98 Å². The molecule has 0 radical (unpaired) electrons. The first-order chi connectivity index (χ1) is 8.09. The van der Waals surface area contributed by atoms with Gasteiger partial charge in [0.25, 0.3) is 0 Å². The molecular weight excluding hydrogens is 267 g/mol. The molecule has 2 nitrogen and oxygen atoms in total. The van der Waals surface area contributed by atoms with E-state index in [0.717, 1.165) is 6.07 Å². The van der Waals surface area contributed by atoms with E-state index >= 15 is 0 Å². The number of aromatic nitrogens is 1. The molecule has 1 N–H and O–H groups in total. The molecule has 0 saturated carbocycles. The van der Waals surface area contributed by atoms with Gasteiger partial charge in [0.05, 0.1) is 6.10 Å². The van der Waals surface area contributed by atoms with Crippen LogP contribution in [0.4, 0.5) is 13.2 Å². The molecule has 1 rings (SSSR count). The van der Waals surface area contributed by atoms with E-state index in [-0.39, 0.29) is 10.7 Å². The Bertz CT molecular complexity index is 432. The zero-order chi connectivity index (χ0) is 14.1. The number of pyridine rings is 1. The van der Waals surface area contributed by atoms with Gasteiger partial charge in [0.15, 0.2) is 0 Å². The van der Waals surface area contributed by atoms with E-state index in [1.807, 2.05) is 20.8 Å². The van der Waals surface area contributed by atoms with E-state index in [0.29, 0.717) is 6.42 Å². The van der Waals surface area contributed by atoms with Crippen LogP contribution >= 0.6 is 11.6 Å². The number of aliphatic hydroxyl groups excluding tert-OH is 1. The summed E-state index contributed by atoms with van der Waals surface area (Å²) in [6, 6.07) is 2.01. The molecule has 0 aliphatic heterocycles. The molecule has 0 saturated heterocycles. The van der Waals surface area contributed by atoms with Crippen LogP contribution in [-0.4, -0.2) is 10.1 Å². The van der Waals surface area contributed by atoms with Gasteiger partial charge in [-0.2, -0.15) is 13.2 Å². The summed E-state index contributed by atoms with van der Waals surface area (Å²) in [5.41, 5.74) is -1.32. The molecule has 0 aliphatic rings. The second-order valence-electron chi connectivity index (χ2n) is 4.82. The normalized spacial score (nSPS) is 14.7.